The highest BCUT2D eigenvalue weighted by atomic mass is 35.5. The zero-order valence-corrected chi connectivity index (χ0v) is 21.0. The van der Waals surface area contributed by atoms with Gasteiger partial charge in [0.05, 0.1) is 18.8 Å². The number of esters is 1. The lowest BCUT2D eigenvalue weighted by atomic mass is 9.92. The molecule has 1 aromatic carbocycles. The molecule has 1 saturated heterocycles. The average Bonchev–Trinajstić information content (AvgIpc) is 3.15. The molecule has 1 aromatic heterocycles. The van der Waals surface area contributed by atoms with Gasteiger partial charge in [0.1, 0.15) is 12.7 Å². The summed E-state index contributed by atoms with van der Waals surface area (Å²) in [6.07, 6.45) is -0.415. The predicted octanol–water partition coefficient (Wildman–Crippen LogP) is 2.03. The van der Waals surface area contributed by atoms with Crippen LogP contribution in [-0.4, -0.2) is 65.5 Å². The largest absolute Gasteiger partial charge is 0.510 e. The fraction of sp³-hybridized carbons (Fsp3) is 0.375. The van der Waals surface area contributed by atoms with Crippen LogP contribution >= 0.6 is 11.6 Å². The van der Waals surface area contributed by atoms with Crippen molar-refractivity contribution >= 4 is 29.9 Å². The van der Waals surface area contributed by atoms with E-state index in [-0.39, 0.29) is 18.8 Å². The van der Waals surface area contributed by atoms with Gasteiger partial charge < -0.3 is 28.4 Å². The van der Waals surface area contributed by atoms with E-state index < -0.39 is 60.2 Å². The fourth-order valence-corrected chi connectivity index (χ4v) is 3.70. The molecule has 14 heteroatoms. The van der Waals surface area contributed by atoms with Crippen molar-refractivity contribution in [2.24, 2.45) is 0 Å². The first-order valence-corrected chi connectivity index (χ1v) is 11.6. The van der Waals surface area contributed by atoms with Crippen molar-refractivity contribution in [1.82, 2.24) is 9.55 Å². The van der Waals surface area contributed by atoms with E-state index in [9.17, 15) is 24.0 Å². The van der Waals surface area contributed by atoms with E-state index in [1.807, 2.05) is 4.98 Å². The predicted molar refractivity (Wildman–Crippen MR) is 129 cm³/mol. The van der Waals surface area contributed by atoms with Gasteiger partial charge in [-0.2, -0.15) is 0 Å². The Morgan fingerprint density at radius 3 is 2.34 bits per heavy atom. The summed E-state index contributed by atoms with van der Waals surface area (Å²) in [6.45, 7) is 2.22. The van der Waals surface area contributed by atoms with Crippen LogP contribution in [0.3, 0.4) is 0 Å². The van der Waals surface area contributed by atoms with Crippen LogP contribution in [0.2, 0.25) is 5.02 Å². The Balaban J connectivity index is 2.04. The SMILES string of the molecule is C#C[C@@]1(OC(=O)OCC)[C@@H](COC(=O)c2ccc(Cl)cc2)O[C@@H](n2ccc(=O)[nH]c2=O)[C@@H]1OC(=O)OCC. The van der Waals surface area contributed by atoms with Crippen LogP contribution in [0.5, 0.6) is 0 Å². The first-order chi connectivity index (χ1) is 18.1. The van der Waals surface area contributed by atoms with Crippen LogP contribution < -0.4 is 11.2 Å². The zero-order chi connectivity index (χ0) is 27.9. The average molecular weight is 551 g/mol. The number of aromatic nitrogens is 2. The van der Waals surface area contributed by atoms with Crippen molar-refractivity contribution in [3.63, 3.8) is 0 Å². The Labute approximate surface area is 220 Å². The Morgan fingerprint density at radius 2 is 1.74 bits per heavy atom. The van der Waals surface area contributed by atoms with E-state index in [0.29, 0.717) is 5.02 Å². The van der Waals surface area contributed by atoms with Gasteiger partial charge in [-0.1, -0.05) is 17.5 Å². The molecule has 0 spiro atoms. The molecule has 2 aromatic rings. The lowest BCUT2D eigenvalue weighted by molar-refractivity contribution is -0.0930. The number of ether oxygens (including phenoxy) is 6. The molecule has 13 nitrogen and oxygen atoms in total. The van der Waals surface area contributed by atoms with Crippen LogP contribution in [0.25, 0.3) is 0 Å². The van der Waals surface area contributed by atoms with Crippen LogP contribution in [0, 0.1) is 12.3 Å². The number of halogens is 1. The number of hydrogen-bond donors (Lipinski definition) is 1. The molecular weight excluding hydrogens is 528 g/mol. The zero-order valence-electron chi connectivity index (χ0n) is 20.2. The van der Waals surface area contributed by atoms with Crippen LogP contribution in [0.4, 0.5) is 9.59 Å². The summed E-state index contributed by atoms with van der Waals surface area (Å²) in [6, 6.07) is 6.78. The third-order valence-electron chi connectivity index (χ3n) is 5.26. The Hall–Kier alpha value is -4.28. The number of benzene rings is 1. The van der Waals surface area contributed by atoms with Gasteiger partial charge in [-0.15, -0.1) is 6.42 Å². The minimum absolute atomic E-state index is 0.0837. The summed E-state index contributed by atoms with van der Waals surface area (Å²) in [5.74, 6) is 1.43. The maximum Gasteiger partial charge on any atom is 0.510 e. The molecule has 1 aliphatic heterocycles. The fourth-order valence-electron chi connectivity index (χ4n) is 3.57. The summed E-state index contributed by atoms with van der Waals surface area (Å²) in [5.41, 5.74) is -3.82. The molecule has 202 valence electrons. The quantitative estimate of drug-likeness (QED) is 0.291. The molecule has 4 atom stereocenters. The third-order valence-corrected chi connectivity index (χ3v) is 5.51. The highest BCUT2D eigenvalue weighted by Gasteiger charge is 2.63. The smallest absolute Gasteiger partial charge is 0.459 e. The van der Waals surface area contributed by atoms with E-state index in [2.05, 4.69) is 5.92 Å². The van der Waals surface area contributed by atoms with E-state index >= 15 is 0 Å². The first kappa shape index (κ1) is 28.3. The molecule has 0 radical (unpaired) electrons. The van der Waals surface area contributed by atoms with Crippen LogP contribution in [-0.2, 0) is 28.4 Å². The van der Waals surface area contributed by atoms with Crippen molar-refractivity contribution < 1.29 is 42.8 Å². The molecular formula is C24H23ClN2O11. The van der Waals surface area contributed by atoms with Gasteiger partial charge in [-0.05, 0) is 38.1 Å². The number of rotatable bonds is 8. The maximum atomic E-state index is 12.6. The molecule has 0 aliphatic carbocycles. The normalized spacial score (nSPS) is 22.1. The standard InChI is InChI=1S/C24H23ClN2O11/c1-4-24(38-23(32)34-6-3)16(13-35-20(29)14-7-9-15(25)10-8-14)36-19(18(24)37-22(31)33-5-2)27-12-11-17(28)26-21(27)30/h1,7-12,16,18-19H,5-6,13H2,2-3H3,(H,26,28,30)/t16-,18+,19-,24-/m1/s1. The minimum atomic E-state index is -2.28. The van der Waals surface area contributed by atoms with Crippen molar-refractivity contribution in [2.75, 3.05) is 19.8 Å². The van der Waals surface area contributed by atoms with Crippen LogP contribution in [0.15, 0.2) is 46.1 Å². The summed E-state index contributed by atoms with van der Waals surface area (Å²) >= 11 is 5.85. The third kappa shape index (κ3) is 6.16. The molecule has 1 aliphatic rings. The maximum absolute atomic E-state index is 12.6. The van der Waals surface area contributed by atoms with Gasteiger partial charge >= 0.3 is 24.0 Å². The van der Waals surface area contributed by atoms with Gasteiger partial charge in [0, 0.05) is 17.3 Å². The number of hydrogen-bond acceptors (Lipinski definition) is 11. The number of nitrogens with zero attached hydrogens (tertiary/aromatic N) is 1. The molecule has 38 heavy (non-hydrogen) atoms. The summed E-state index contributed by atoms with van der Waals surface area (Å²) in [5, 5.41) is 0.392. The second-order valence-corrected chi connectivity index (χ2v) is 8.02. The number of aromatic amines is 1. The van der Waals surface area contributed by atoms with Gasteiger partial charge in [0.2, 0.25) is 11.7 Å². The van der Waals surface area contributed by atoms with Crippen molar-refractivity contribution in [3.05, 3.63) is 68.0 Å². The Kier molecular flexibility index (Phi) is 9.16. The second kappa shape index (κ2) is 12.3. The lowest BCUT2D eigenvalue weighted by Gasteiger charge is -2.32. The molecule has 1 fully saturated rings. The lowest BCUT2D eigenvalue weighted by Crippen LogP contribution is -2.54. The molecule has 0 saturated carbocycles. The van der Waals surface area contributed by atoms with Crippen molar-refractivity contribution in [1.29, 1.82) is 0 Å². The molecule has 1 N–H and O–H groups in total. The molecule has 0 amide bonds. The highest BCUT2D eigenvalue weighted by Crippen LogP contribution is 2.42. The van der Waals surface area contributed by atoms with E-state index in [1.54, 1.807) is 0 Å². The number of carbonyl (C=O) groups is 3. The summed E-state index contributed by atoms with van der Waals surface area (Å²) < 4.78 is 32.5. The van der Waals surface area contributed by atoms with Crippen molar-refractivity contribution in [2.45, 2.75) is 37.9 Å². The van der Waals surface area contributed by atoms with E-state index in [0.717, 1.165) is 16.8 Å². The first-order valence-electron chi connectivity index (χ1n) is 11.2. The van der Waals surface area contributed by atoms with Crippen LogP contribution in [0.1, 0.15) is 30.4 Å². The second-order valence-electron chi connectivity index (χ2n) is 7.58. The number of nitrogens with one attached hydrogen (secondary N) is 1. The minimum Gasteiger partial charge on any atom is -0.459 e. The molecule has 0 unspecified atom stereocenters. The van der Waals surface area contributed by atoms with Gasteiger partial charge in [-0.3, -0.25) is 14.3 Å². The summed E-state index contributed by atoms with van der Waals surface area (Å²) in [7, 11) is 0. The summed E-state index contributed by atoms with van der Waals surface area (Å²) in [4.78, 5) is 63.6. The Morgan fingerprint density at radius 1 is 1.08 bits per heavy atom. The molecule has 0 bridgehead atoms. The molecule has 2 heterocycles. The van der Waals surface area contributed by atoms with Gasteiger partial charge in [0.25, 0.3) is 5.56 Å². The topological polar surface area (TPSA) is 161 Å². The Bertz CT molecular complexity index is 1330. The van der Waals surface area contributed by atoms with Crippen molar-refractivity contribution in [3.8, 4) is 12.3 Å². The number of carbonyl (C=O) groups excluding carboxylic acids is 3. The molecule has 3 rings (SSSR count). The van der Waals surface area contributed by atoms with Gasteiger partial charge in [0.15, 0.2) is 6.23 Å². The highest BCUT2D eigenvalue weighted by molar-refractivity contribution is 6.30. The van der Waals surface area contributed by atoms with E-state index in [1.165, 1.54) is 38.1 Å². The van der Waals surface area contributed by atoms with Gasteiger partial charge in [-0.25, -0.2) is 19.2 Å². The number of terminal acetylenes is 1. The van der Waals surface area contributed by atoms with E-state index in [4.69, 9.17) is 46.4 Å². The number of H-pyrrole nitrogens is 1. The monoisotopic (exact) mass is 550 g/mol.